The number of benzene rings is 1. The van der Waals surface area contributed by atoms with Crippen LogP contribution in [0.15, 0.2) is 6.07 Å². The molecule has 0 heterocycles. The molecule has 0 aromatic heterocycles. The quantitative estimate of drug-likeness (QED) is 0.350. The van der Waals surface area contributed by atoms with E-state index in [-0.39, 0.29) is 18.1 Å². The Morgan fingerprint density at radius 1 is 1.00 bits per heavy atom. The van der Waals surface area contributed by atoms with E-state index in [1.165, 1.54) is 0 Å². The van der Waals surface area contributed by atoms with Crippen molar-refractivity contribution in [3.8, 4) is 17.2 Å². The smallest absolute Gasteiger partial charge is 0.171 e. The summed E-state index contributed by atoms with van der Waals surface area (Å²) in [6.45, 7) is 0. The first-order valence-electron chi connectivity index (χ1n) is 3.30. The van der Waals surface area contributed by atoms with E-state index in [4.69, 9.17) is 15.3 Å². The van der Waals surface area contributed by atoms with Crippen LogP contribution in [0.5, 0.6) is 17.2 Å². The maximum atomic E-state index is 10.3. The first kappa shape index (κ1) is 9.05. The van der Waals surface area contributed by atoms with Crippen molar-refractivity contribution in [3.05, 3.63) is 17.2 Å². The van der Waals surface area contributed by atoms with Crippen molar-refractivity contribution in [1.29, 1.82) is 0 Å². The lowest BCUT2D eigenvalue weighted by Gasteiger charge is -2.04. The fourth-order valence-corrected chi connectivity index (χ4v) is 0.891. The molecule has 0 saturated heterocycles. The number of phenols is 3. The largest absolute Gasteiger partial charge is 0.506 e. The van der Waals surface area contributed by atoms with Gasteiger partial charge in [-0.25, -0.2) is 0 Å². The summed E-state index contributed by atoms with van der Waals surface area (Å²) in [5.41, 5.74) is -0.750. The van der Waals surface area contributed by atoms with E-state index >= 15 is 0 Å². The van der Waals surface area contributed by atoms with Crippen LogP contribution in [0.25, 0.3) is 0 Å². The summed E-state index contributed by atoms with van der Waals surface area (Å²) >= 11 is 0. The first-order chi connectivity index (χ1) is 6.11. The Labute approximate surface area is 72.9 Å². The van der Waals surface area contributed by atoms with E-state index in [1.807, 2.05) is 0 Å². The van der Waals surface area contributed by atoms with Crippen molar-refractivity contribution in [2.45, 2.75) is 0 Å². The van der Waals surface area contributed by atoms with Crippen LogP contribution in [0.3, 0.4) is 0 Å². The van der Waals surface area contributed by atoms with E-state index in [9.17, 15) is 9.59 Å². The Morgan fingerprint density at radius 3 is 2.08 bits per heavy atom. The maximum absolute atomic E-state index is 10.3. The SMILES string of the molecule is O=Cc1cc(O)c(O)c(C=O)c1O. The molecule has 3 N–H and O–H groups in total. The van der Waals surface area contributed by atoms with E-state index in [0.29, 0.717) is 0 Å². The summed E-state index contributed by atoms with van der Waals surface area (Å²) in [6.07, 6.45) is 0.416. The van der Waals surface area contributed by atoms with Gasteiger partial charge in [0, 0.05) is 0 Å². The number of rotatable bonds is 2. The predicted octanol–water partition coefficient (Wildman–Crippen LogP) is 0.428. The lowest BCUT2D eigenvalue weighted by molar-refractivity contribution is 0.111. The van der Waals surface area contributed by atoms with Crippen LogP contribution in [0, 0.1) is 0 Å². The van der Waals surface area contributed by atoms with Crippen LogP contribution in [0.4, 0.5) is 0 Å². The van der Waals surface area contributed by atoms with Gasteiger partial charge in [-0.1, -0.05) is 0 Å². The highest BCUT2D eigenvalue weighted by Gasteiger charge is 2.15. The summed E-state index contributed by atoms with van der Waals surface area (Å²) < 4.78 is 0. The molecule has 0 bridgehead atoms. The van der Waals surface area contributed by atoms with Gasteiger partial charge in [-0.15, -0.1) is 0 Å². The van der Waals surface area contributed by atoms with Crippen molar-refractivity contribution in [3.63, 3.8) is 0 Å². The average molecular weight is 182 g/mol. The number of aldehydes is 2. The molecule has 0 saturated carbocycles. The van der Waals surface area contributed by atoms with E-state index in [0.717, 1.165) is 6.07 Å². The topological polar surface area (TPSA) is 94.8 Å². The molecule has 0 amide bonds. The zero-order valence-corrected chi connectivity index (χ0v) is 6.39. The number of carbonyl (C=O) groups is 2. The minimum atomic E-state index is -0.738. The molecule has 0 aliphatic rings. The summed E-state index contributed by atoms with van der Waals surface area (Å²) in [5, 5.41) is 27.2. The molecule has 5 nitrogen and oxygen atoms in total. The van der Waals surface area contributed by atoms with Gasteiger partial charge >= 0.3 is 0 Å². The number of phenolic OH excluding ortho intramolecular Hbond substituents is 3. The summed E-state index contributed by atoms with van der Waals surface area (Å²) in [6, 6.07) is 0.866. The molecule has 0 radical (unpaired) electrons. The molecular formula is C8H6O5. The van der Waals surface area contributed by atoms with Gasteiger partial charge in [0.2, 0.25) is 0 Å². The minimum Gasteiger partial charge on any atom is -0.506 e. The monoisotopic (exact) mass is 182 g/mol. The molecular weight excluding hydrogens is 176 g/mol. The van der Waals surface area contributed by atoms with Gasteiger partial charge in [-0.2, -0.15) is 0 Å². The fraction of sp³-hybridized carbons (Fsp3) is 0. The Hall–Kier alpha value is -2.04. The number of aromatic hydroxyl groups is 3. The first-order valence-corrected chi connectivity index (χ1v) is 3.30. The molecule has 1 aromatic carbocycles. The van der Waals surface area contributed by atoms with E-state index in [1.54, 1.807) is 0 Å². The third kappa shape index (κ3) is 1.31. The van der Waals surface area contributed by atoms with Gasteiger partial charge in [0.15, 0.2) is 24.1 Å². The number of carbonyl (C=O) groups excluding carboxylic acids is 2. The molecule has 1 aromatic rings. The summed E-state index contributed by atoms with van der Waals surface area (Å²) in [5.74, 6) is -2.00. The fourth-order valence-electron chi connectivity index (χ4n) is 0.891. The van der Waals surface area contributed by atoms with Crippen LogP contribution in [0.1, 0.15) is 20.7 Å². The third-order valence-corrected chi connectivity index (χ3v) is 1.56. The van der Waals surface area contributed by atoms with Gasteiger partial charge in [0.1, 0.15) is 11.3 Å². The molecule has 0 aliphatic carbocycles. The van der Waals surface area contributed by atoms with Gasteiger partial charge < -0.3 is 15.3 Å². The minimum absolute atomic E-state index is 0.150. The van der Waals surface area contributed by atoms with Crippen molar-refractivity contribution < 1.29 is 24.9 Å². The van der Waals surface area contributed by atoms with Gasteiger partial charge in [0.25, 0.3) is 0 Å². The standard InChI is InChI=1S/C8H6O5/c9-2-4-1-6(11)8(13)5(3-10)7(4)12/h1-3,11-13H. The van der Waals surface area contributed by atoms with Crippen LogP contribution in [0.2, 0.25) is 0 Å². The molecule has 0 spiro atoms. The Bertz CT molecular complexity index is 369. The second-order valence-electron chi connectivity index (χ2n) is 2.33. The molecule has 0 fully saturated rings. The summed E-state index contributed by atoms with van der Waals surface area (Å²) in [4.78, 5) is 20.6. The van der Waals surface area contributed by atoms with Crippen LogP contribution >= 0.6 is 0 Å². The van der Waals surface area contributed by atoms with Crippen molar-refractivity contribution >= 4 is 12.6 Å². The zero-order valence-electron chi connectivity index (χ0n) is 6.39. The highest BCUT2D eigenvalue weighted by atomic mass is 16.3. The second kappa shape index (κ2) is 3.14. The maximum Gasteiger partial charge on any atom is 0.171 e. The molecule has 5 heteroatoms. The number of hydrogen-bond donors (Lipinski definition) is 3. The Balaban J connectivity index is 3.56. The van der Waals surface area contributed by atoms with Gasteiger partial charge in [-0.3, -0.25) is 9.59 Å². The van der Waals surface area contributed by atoms with Crippen LogP contribution in [-0.2, 0) is 0 Å². The lowest BCUT2D eigenvalue weighted by atomic mass is 10.1. The van der Waals surface area contributed by atoms with Gasteiger partial charge in [0.05, 0.1) is 5.56 Å². The highest BCUT2D eigenvalue weighted by molar-refractivity contribution is 5.92. The third-order valence-electron chi connectivity index (χ3n) is 1.56. The van der Waals surface area contributed by atoms with E-state index in [2.05, 4.69) is 0 Å². The van der Waals surface area contributed by atoms with Crippen LogP contribution in [-0.4, -0.2) is 27.9 Å². The van der Waals surface area contributed by atoms with E-state index < -0.39 is 22.8 Å². The Kier molecular flexibility index (Phi) is 2.19. The molecule has 0 atom stereocenters. The molecule has 1 rings (SSSR count). The van der Waals surface area contributed by atoms with Crippen molar-refractivity contribution in [1.82, 2.24) is 0 Å². The van der Waals surface area contributed by atoms with Crippen LogP contribution < -0.4 is 0 Å². The molecule has 68 valence electrons. The van der Waals surface area contributed by atoms with Crippen molar-refractivity contribution in [2.75, 3.05) is 0 Å². The molecule has 0 unspecified atom stereocenters. The second-order valence-corrected chi connectivity index (χ2v) is 2.33. The van der Waals surface area contributed by atoms with Gasteiger partial charge in [-0.05, 0) is 6.07 Å². The normalized spacial score (nSPS) is 9.54. The van der Waals surface area contributed by atoms with Crippen molar-refractivity contribution in [2.24, 2.45) is 0 Å². The zero-order chi connectivity index (χ0) is 10.0. The number of hydrogen-bond acceptors (Lipinski definition) is 5. The molecule has 13 heavy (non-hydrogen) atoms. The Morgan fingerprint density at radius 2 is 1.62 bits per heavy atom. The highest BCUT2D eigenvalue weighted by Crippen LogP contribution is 2.36. The lowest BCUT2D eigenvalue weighted by Crippen LogP contribution is -1.89. The molecule has 0 aliphatic heterocycles. The predicted molar refractivity (Wildman–Crippen MR) is 42.2 cm³/mol. The summed E-state index contributed by atoms with van der Waals surface area (Å²) in [7, 11) is 0. The average Bonchev–Trinajstić information content (AvgIpc) is 2.12.